The van der Waals surface area contributed by atoms with E-state index in [0.29, 0.717) is 28.9 Å². The normalized spacial score (nSPS) is 15.4. The first-order chi connectivity index (χ1) is 14.6. The Kier molecular flexibility index (Phi) is 6.42. The van der Waals surface area contributed by atoms with Crippen LogP contribution in [0.25, 0.3) is 11.3 Å². The molecule has 0 aliphatic carbocycles. The summed E-state index contributed by atoms with van der Waals surface area (Å²) >= 11 is 5.89. The Labute approximate surface area is 179 Å². The highest BCUT2D eigenvalue weighted by molar-refractivity contribution is 6.30. The van der Waals surface area contributed by atoms with E-state index in [4.69, 9.17) is 16.0 Å². The van der Waals surface area contributed by atoms with Gasteiger partial charge in [0.25, 0.3) is 5.69 Å². The van der Waals surface area contributed by atoms with E-state index in [-0.39, 0.29) is 5.69 Å². The molecular formula is C22H23ClN4O3. The average molecular weight is 427 g/mol. The number of piperidine rings is 1. The standard InChI is InChI=1S/C22H23ClN4O3/c23-16-4-6-20(21(13-16)27(28)29)22-7-5-19(30-22)14-25-17-8-11-26(12-9-17)15-18-3-1-2-10-24-18/h1-7,10,13,17,25H,8-9,11-12,14-15H2. The molecule has 4 rings (SSSR count). The zero-order valence-electron chi connectivity index (χ0n) is 16.5. The minimum atomic E-state index is -0.444. The summed E-state index contributed by atoms with van der Waals surface area (Å²) in [6.07, 6.45) is 3.95. The molecule has 0 unspecified atom stereocenters. The smallest absolute Gasteiger partial charge is 0.281 e. The maximum atomic E-state index is 11.3. The molecule has 1 fully saturated rings. The fourth-order valence-electron chi connectivity index (χ4n) is 3.74. The van der Waals surface area contributed by atoms with Crippen molar-refractivity contribution in [2.24, 2.45) is 0 Å². The van der Waals surface area contributed by atoms with Crippen molar-refractivity contribution in [3.8, 4) is 11.3 Å². The number of hydrogen-bond acceptors (Lipinski definition) is 6. The zero-order chi connectivity index (χ0) is 20.9. The largest absolute Gasteiger partial charge is 0.459 e. The molecule has 1 N–H and O–H groups in total. The molecule has 0 atom stereocenters. The van der Waals surface area contributed by atoms with Gasteiger partial charge >= 0.3 is 0 Å². The zero-order valence-corrected chi connectivity index (χ0v) is 17.2. The van der Waals surface area contributed by atoms with Crippen LogP contribution in [0.1, 0.15) is 24.3 Å². The number of pyridine rings is 1. The molecule has 7 nitrogen and oxygen atoms in total. The van der Waals surface area contributed by atoms with E-state index in [1.807, 2.05) is 24.4 Å². The van der Waals surface area contributed by atoms with Crippen LogP contribution in [0.5, 0.6) is 0 Å². The fraction of sp³-hybridized carbons (Fsp3) is 0.318. The summed E-state index contributed by atoms with van der Waals surface area (Å²) in [5.41, 5.74) is 1.47. The first-order valence-corrected chi connectivity index (χ1v) is 10.3. The van der Waals surface area contributed by atoms with Crippen LogP contribution < -0.4 is 5.32 Å². The molecule has 1 aliphatic rings. The van der Waals surface area contributed by atoms with Crippen LogP contribution in [0.15, 0.2) is 59.1 Å². The molecule has 3 heterocycles. The summed E-state index contributed by atoms with van der Waals surface area (Å²) in [5, 5.41) is 15.2. The lowest BCUT2D eigenvalue weighted by atomic mass is 10.0. The highest BCUT2D eigenvalue weighted by Gasteiger charge is 2.21. The Morgan fingerprint density at radius 3 is 2.77 bits per heavy atom. The van der Waals surface area contributed by atoms with Crippen molar-refractivity contribution >= 4 is 17.3 Å². The summed E-state index contributed by atoms with van der Waals surface area (Å²) in [7, 11) is 0. The van der Waals surface area contributed by atoms with Crippen LogP contribution in [-0.4, -0.2) is 33.9 Å². The molecule has 1 aliphatic heterocycles. The fourth-order valence-corrected chi connectivity index (χ4v) is 3.91. The Balaban J connectivity index is 1.30. The first kappa shape index (κ1) is 20.5. The van der Waals surface area contributed by atoms with Crippen LogP contribution in [-0.2, 0) is 13.1 Å². The molecule has 0 amide bonds. The van der Waals surface area contributed by atoms with Gasteiger partial charge in [0.2, 0.25) is 0 Å². The average Bonchev–Trinajstić information content (AvgIpc) is 3.23. The van der Waals surface area contributed by atoms with Crippen LogP contribution in [0.3, 0.4) is 0 Å². The maximum Gasteiger partial charge on any atom is 0.281 e. The minimum Gasteiger partial charge on any atom is -0.459 e. The molecule has 1 saturated heterocycles. The summed E-state index contributed by atoms with van der Waals surface area (Å²) in [6.45, 7) is 3.52. The second-order valence-corrected chi connectivity index (χ2v) is 7.87. The van der Waals surface area contributed by atoms with Gasteiger partial charge in [-0.3, -0.25) is 20.0 Å². The van der Waals surface area contributed by atoms with E-state index in [0.717, 1.165) is 43.9 Å². The van der Waals surface area contributed by atoms with Gasteiger partial charge in [0.05, 0.1) is 22.7 Å². The van der Waals surface area contributed by atoms with Crippen molar-refractivity contribution in [2.45, 2.75) is 32.0 Å². The summed E-state index contributed by atoms with van der Waals surface area (Å²) in [6, 6.07) is 14.7. The second kappa shape index (κ2) is 9.38. The van der Waals surface area contributed by atoms with Crippen molar-refractivity contribution in [1.29, 1.82) is 0 Å². The number of nitro benzene ring substituents is 1. The number of hydrogen-bond donors (Lipinski definition) is 1. The molecule has 156 valence electrons. The monoisotopic (exact) mass is 426 g/mol. The Bertz CT molecular complexity index is 1000. The SMILES string of the molecule is O=[N+]([O-])c1cc(Cl)ccc1-c1ccc(CNC2CCN(Cc3ccccn3)CC2)o1. The third kappa shape index (κ3) is 5.05. The van der Waals surface area contributed by atoms with E-state index in [9.17, 15) is 10.1 Å². The van der Waals surface area contributed by atoms with Crippen molar-refractivity contribution in [3.05, 3.63) is 81.3 Å². The summed E-state index contributed by atoms with van der Waals surface area (Å²) in [5.74, 6) is 1.23. The van der Waals surface area contributed by atoms with Crippen LogP contribution >= 0.6 is 11.6 Å². The molecule has 0 spiro atoms. The Morgan fingerprint density at radius 1 is 1.20 bits per heavy atom. The van der Waals surface area contributed by atoms with E-state index in [2.05, 4.69) is 21.3 Å². The van der Waals surface area contributed by atoms with Crippen LogP contribution in [0, 0.1) is 10.1 Å². The molecule has 0 saturated carbocycles. The quantitative estimate of drug-likeness (QED) is 0.437. The van der Waals surface area contributed by atoms with Crippen molar-refractivity contribution < 1.29 is 9.34 Å². The summed E-state index contributed by atoms with van der Waals surface area (Å²) < 4.78 is 5.86. The molecule has 0 radical (unpaired) electrons. The van der Waals surface area contributed by atoms with Crippen molar-refractivity contribution in [2.75, 3.05) is 13.1 Å². The number of likely N-dealkylation sites (tertiary alicyclic amines) is 1. The lowest BCUT2D eigenvalue weighted by Crippen LogP contribution is -2.41. The van der Waals surface area contributed by atoms with E-state index in [1.165, 1.54) is 6.07 Å². The Morgan fingerprint density at radius 2 is 2.03 bits per heavy atom. The minimum absolute atomic E-state index is 0.0587. The Hall–Kier alpha value is -2.74. The number of rotatable bonds is 7. The van der Waals surface area contributed by atoms with Crippen molar-refractivity contribution in [1.82, 2.24) is 15.2 Å². The second-order valence-electron chi connectivity index (χ2n) is 7.44. The topological polar surface area (TPSA) is 84.4 Å². The van der Waals surface area contributed by atoms with Gasteiger partial charge in [0, 0.05) is 43.0 Å². The van der Waals surface area contributed by atoms with Crippen LogP contribution in [0.4, 0.5) is 5.69 Å². The third-order valence-electron chi connectivity index (χ3n) is 5.35. The van der Waals surface area contributed by atoms with Gasteiger partial charge in [-0.15, -0.1) is 0 Å². The van der Waals surface area contributed by atoms with Gasteiger partial charge in [-0.25, -0.2) is 0 Å². The molecule has 2 aromatic heterocycles. The number of halogens is 1. The predicted molar refractivity (Wildman–Crippen MR) is 115 cm³/mol. The van der Waals surface area contributed by atoms with Crippen LogP contribution in [0.2, 0.25) is 5.02 Å². The predicted octanol–water partition coefficient (Wildman–Crippen LogP) is 4.66. The maximum absolute atomic E-state index is 11.3. The number of nitrogens with zero attached hydrogens (tertiary/aromatic N) is 3. The van der Waals surface area contributed by atoms with Crippen molar-refractivity contribution in [3.63, 3.8) is 0 Å². The molecule has 1 aromatic carbocycles. The van der Waals surface area contributed by atoms with E-state index in [1.54, 1.807) is 18.2 Å². The first-order valence-electron chi connectivity index (χ1n) is 9.97. The number of benzene rings is 1. The lowest BCUT2D eigenvalue weighted by Gasteiger charge is -2.32. The molecule has 30 heavy (non-hydrogen) atoms. The highest BCUT2D eigenvalue weighted by Crippen LogP contribution is 2.33. The van der Waals surface area contributed by atoms with Gasteiger partial charge in [0.1, 0.15) is 11.5 Å². The highest BCUT2D eigenvalue weighted by atomic mass is 35.5. The molecule has 8 heteroatoms. The number of aromatic nitrogens is 1. The van der Waals surface area contributed by atoms with Gasteiger partial charge in [-0.1, -0.05) is 17.7 Å². The third-order valence-corrected chi connectivity index (χ3v) is 5.58. The number of nitro groups is 1. The van der Waals surface area contributed by atoms with Gasteiger partial charge in [0.15, 0.2) is 0 Å². The lowest BCUT2D eigenvalue weighted by molar-refractivity contribution is -0.384. The molecular weight excluding hydrogens is 404 g/mol. The van der Waals surface area contributed by atoms with Gasteiger partial charge in [-0.05, 0) is 49.2 Å². The summed E-state index contributed by atoms with van der Waals surface area (Å²) in [4.78, 5) is 17.7. The van der Waals surface area contributed by atoms with E-state index < -0.39 is 4.92 Å². The number of nitrogens with one attached hydrogen (secondary N) is 1. The van der Waals surface area contributed by atoms with Gasteiger partial charge < -0.3 is 9.73 Å². The van der Waals surface area contributed by atoms with E-state index >= 15 is 0 Å². The van der Waals surface area contributed by atoms with Gasteiger partial charge in [-0.2, -0.15) is 0 Å². The molecule has 0 bridgehead atoms. The number of furan rings is 1. The molecule has 3 aromatic rings.